The molecule has 2 aliphatic carbocycles. The summed E-state index contributed by atoms with van der Waals surface area (Å²) < 4.78 is 0. The lowest BCUT2D eigenvalue weighted by Crippen LogP contribution is -2.20. The number of fused-ring (bicyclic) bond motifs is 2. The zero-order valence-corrected chi connectivity index (χ0v) is 11.8. The third-order valence-electron chi connectivity index (χ3n) is 5.16. The molecule has 2 aliphatic rings. The highest BCUT2D eigenvalue weighted by Gasteiger charge is 2.44. The summed E-state index contributed by atoms with van der Waals surface area (Å²) in [5, 5.41) is 9.99. The monoisotopic (exact) mass is 257 g/mol. The van der Waals surface area contributed by atoms with Crippen LogP contribution in [-0.2, 0) is 0 Å². The van der Waals surface area contributed by atoms with Crippen molar-refractivity contribution in [1.29, 1.82) is 0 Å². The van der Waals surface area contributed by atoms with Gasteiger partial charge in [0.2, 0.25) is 0 Å². The van der Waals surface area contributed by atoms with Crippen LogP contribution < -0.4 is 0 Å². The number of hydrogen-bond donors (Lipinski definition) is 1. The number of rotatable bonds is 3. The smallest absolute Gasteiger partial charge is 0.127 e. The minimum atomic E-state index is 0.376. The van der Waals surface area contributed by atoms with E-state index < -0.39 is 0 Å². The highest BCUT2D eigenvalue weighted by atomic mass is 16.3. The zero-order chi connectivity index (χ0) is 13.4. The van der Waals surface area contributed by atoms with E-state index in [1.165, 1.54) is 25.7 Å². The molecule has 0 heterocycles. The second kappa shape index (κ2) is 4.99. The molecule has 2 bridgehead atoms. The molecule has 1 aromatic rings. The van der Waals surface area contributed by atoms with Gasteiger partial charge in [0.25, 0.3) is 0 Å². The van der Waals surface area contributed by atoms with E-state index in [4.69, 9.17) is 4.99 Å². The molecule has 0 amide bonds. The van der Waals surface area contributed by atoms with Crippen LogP contribution in [0.15, 0.2) is 23.2 Å². The Kier molecular flexibility index (Phi) is 3.34. The van der Waals surface area contributed by atoms with Gasteiger partial charge in [0, 0.05) is 11.8 Å². The second-order valence-corrected chi connectivity index (χ2v) is 6.25. The van der Waals surface area contributed by atoms with Gasteiger partial charge < -0.3 is 5.11 Å². The maximum atomic E-state index is 9.99. The number of benzene rings is 1. The number of para-hydroxylation sites is 1. The van der Waals surface area contributed by atoms with Crippen LogP contribution >= 0.6 is 0 Å². The molecule has 2 heteroatoms. The molecule has 0 radical (unpaired) electrons. The molecule has 4 unspecified atom stereocenters. The minimum Gasteiger partial charge on any atom is -0.507 e. The number of phenols is 1. The molecule has 102 valence electrons. The van der Waals surface area contributed by atoms with Crippen molar-refractivity contribution in [2.24, 2.45) is 22.7 Å². The van der Waals surface area contributed by atoms with Gasteiger partial charge in [0.15, 0.2) is 0 Å². The molecule has 4 atom stereocenters. The first kappa shape index (κ1) is 12.7. The lowest BCUT2D eigenvalue weighted by Gasteiger charge is -2.24. The SMILES string of the molecule is CCC1CC2CC1CC2N=Cc1cccc(C)c1O. The molecule has 2 nitrogen and oxygen atoms in total. The maximum Gasteiger partial charge on any atom is 0.127 e. The highest BCUT2D eigenvalue weighted by Crippen LogP contribution is 2.50. The van der Waals surface area contributed by atoms with Crippen molar-refractivity contribution in [1.82, 2.24) is 0 Å². The summed E-state index contributed by atoms with van der Waals surface area (Å²) in [5.74, 6) is 3.02. The van der Waals surface area contributed by atoms with Gasteiger partial charge in [0.1, 0.15) is 5.75 Å². The van der Waals surface area contributed by atoms with Crippen LogP contribution in [0.4, 0.5) is 0 Å². The fraction of sp³-hybridized carbons (Fsp3) is 0.588. The number of aromatic hydroxyl groups is 1. The Hall–Kier alpha value is -1.31. The molecule has 3 rings (SSSR count). The normalized spacial score (nSPS) is 33.4. The van der Waals surface area contributed by atoms with Gasteiger partial charge in [-0.3, -0.25) is 4.99 Å². The van der Waals surface area contributed by atoms with Gasteiger partial charge >= 0.3 is 0 Å². The van der Waals surface area contributed by atoms with Gasteiger partial charge in [-0.25, -0.2) is 0 Å². The van der Waals surface area contributed by atoms with Crippen LogP contribution in [0.5, 0.6) is 5.75 Å². The van der Waals surface area contributed by atoms with Crippen molar-refractivity contribution in [3.63, 3.8) is 0 Å². The lowest BCUT2D eigenvalue weighted by molar-refractivity contribution is 0.300. The molecule has 2 fully saturated rings. The number of aryl methyl sites for hydroxylation is 1. The predicted molar refractivity (Wildman–Crippen MR) is 78.8 cm³/mol. The van der Waals surface area contributed by atoms with Crippen molar-refractivity contribution in [2.45, 2.75) is 45.6 Å². The van der Waals surface area contributed by atoms with Gasteiger partial charge in [-0.1, -0.05) is 25.5 Å². The standard InChI is InChI=1S/C17H23NO/c1-3-12-7-15-8-14(12)9-16(15)18-10-13-6-4-5-11(2)17(13)19/h4-6,10,12,14-16,19H,3,7-9H2,1-2H3. The Morgan fingerprint density at radius 3 is 2.79 bits per heavy atom. The predicted octanol–water partition coefficient (Wildman–Crippen LogP) is 3.94. The first-order valence-corrected chi connectivity index (χ1v) is 7.50. The Labute approximate surface area is 115 Å². The van der Waals surface area contributed by atoms with Crippen LogP contribution in [0, 0.1) is 24.7 Å². The first-order valence-electron chi connectivity index (χ1n) is 7.50. The number of nitrogens with zero attached hydrogens (tertiary/aromatic N) is 1. The van der Waals surface area contributed by atoms with E-state index in [2.05, 4.69) is 6.92 Å². The Balaban J connectivity index is 1.70. The highest BCUT2D eigenvalue weighted by molar-refractivity contribution is 5.84. The molecular weight excluding hydrogens is 234 g/mol. The summed E-state index contributed by atoms with van der Waals surface area (Å²) in [6.07, 6.45) is 7.21. The Bertz CT molecular complexity index is 494. The summed E-state index contributed by atoms with van der Waals surface area (Å²) in [6.45, 7) is 4.24. The van der Waals surface area contributed by atoms with Crippen LogP contribution in [0.1, 0.15) is 43.7 Å². The molecule has 2 saturated carbocycles. The fourth-order valence-electron chi connectivity index (χ4n) is 4.01. The number of hydrogen-bond acceptors (Lipinski definition) is 2. The summed E-state index contributed by atoms with van der Waals surface area (Å²) in [5.41, 5.74) is 1.78. The summed E-state index contributed by atoms with van der Waals surface area (Å²) >= 11 is 0. The van der Waals surface area contributed by atoms with E-state index in [1.807, 2.05) is 31.3 Å². The van der Waals surface area contributed by atoms with Crippen LogP contribution in [0.25, 0.3) is 0 Å². The average Bonchev–Trinajstić information content (AvgIpc) is 2.99. The Morgan fingerprint density at radius 2 is 2.11 bits per heavy atom. The maximum absolute atomic E-state index is 9.99. The van der Waals surface area contributed by atoms with E-state index in [0.717, 1.165) is 28.9 Å². The summed E-state index contributed by atoms with van der Waals surface area (Å²) in [4.78, 5) is 4.76. The van der Waals surface area contributed by atoms with E-state index in [9.17, 15) is 5.11 Å². The van der Waals surface area contributed by atoms with Crippen molar-refractivity contribution < 1.29 is 5.11 Å². The minimum absolute atomic E-state index is 0.376. The molecule has 1 N–H and O–H groups in total. The Morgan fingerprint density at radius 1 is 1.26 bits per heavy atom. The molecule has 0 saturated heterocycles. The third-order valence-corrected chi connectivity index (χ3v) is 5.16. The van der Waals surface area contributed by atoms with E-state index in [-0.39, 0.29) is 0 Å². The number of phenolic OH excluding ortho intramolecular Hbond substituents is 1. The van der Waals surface area contributed by atoms with Gasteiger partial charge in [0.05, 0.1) is 6.04 Å². The molecular formula is C17H23NO. The van der Waals surface area contributed by atoms with Crippen molar-refractivity contribution in [3.8, 4) is 5.75 Å². The van der Waals surface area contributed by atoms with Gasteiger partial charge in [-0.15, -0.1) is 0 Å². The molecule has 0 aromatic heterocycles. The summed E-state index contributed by atoms with van der Waals surface area (Å²) in [7, 11) is 0. The van der Waals surface area contributed by atoms with Gasteiger partial charge in [-0.2, -0.15) is 0 Å². The lowest BCUT2D eigenvalue weighted by atomic mass is 9.85. The van der Waals surface area contributed by atoms with Gasteiger partial charge in [-0.05, 0) is 55.6 Å². The van der Waals surface area contributed by atoms with E-state index in [1.54, 1.807) is 0 Å². The third kappa shape index (κ3) is 2.29. The average molecular weight is 257 g/mol. The second-order valence-electron chi connectivity index (χ2n) is 6.25. The fourth-order valence-corrected chi connectivity index (χ4v) is 4.01. The molecule has 1 aromatic carbocycles. The quantitative estimate of drug-likeness (QED) is 0.817. The van der Waals surface area contributed by atoms with Crippen LogP contribution in [0.3, 0.4) is 0 Å². The van der Waals surface area contributed by atoms with Crippen LogP contribution in [0.2, 0.25) is 0 Å². The first-order chi connectivity index (χ1) is 9.19. The molecule has 0 spiro atoms. The molecule has 19 heavy (non-hydrogen) atoms. The van der Waals surface area contributed by atoms with Crippen molar-refractivity contribution in [3.05, 3.63) is 29.3 Å². The van der Waals surface area contributed by atoms with E-state index in [0.29, 0.717) is 11.8 Å². The zero-order valence-electron chi connectivity index (χ0n) is 11.8. The number of aliphatic imine (C=N–C) groups is 1. The molecule has 0 aliphatic heterocycles. The van der Waals surface area contributed by atoms with Crippen molar-refractivity contribution in [2.75, 3.05) is 0 Å². The largest absolute Gasteiger partial charge is 0.507 e. The van der Waals surface area contributed by atoms with E-state index >= 15 is 0 Å². The van der Waals surface area contributed by atoms with Crippen molar-refractivity contribution >= 4 is 6.21 Å². The van der Waals surface area contributed by atoms with Crippen LogP contribution in [-0.4, -0.2) is 17.4 Å². The topological polar surface area (TPSA) is 32.6 Å². The summed E-state index contributed by atoms with van der Waals surface area (Å²) in [6, 6.07) is 6.33.